The second-order valence-corrected chi connectivity index (χ2v) is 4.14. The van der Waals surface area contributed by atoms with Crippen LogP contribution >= 0.6 is 15.9 Å². The standard InChI is InChI=1S/C12H13BrO/c13-7-2-1-3-10-4-5-12-11(9-10)6-8-14-12/h1,3-5,9H,2,6-8H2/b3-1+. The molecule has 0 radical (unpaired) electrons. The minimum absolute atomic E-state index is 0.837. The predicted octanol–water partition coefficient (Wildman–Crippen LogP) is 3.42. The Morgan fingerprint density at radius 3 is 3.21 bits per heavy atom. The minimum Gasteiger partial charge on any atom is -0.493 e. The normalized spacial score (nSPS) is 14.4. The molecule has 0 bridgehead atoms. The maximum absolute atomic E-state index is 5.45. The molecule has 1 aromatic rings. The lowest BCUT2D eigenvalue weighted by Gasteiger charge is -1.99. The van der Waals surface area contributed by atoms with Gasteiger partial charge in [0.05, 0.1) is 6.61 Å². The molecule has 0 fully saturated rings. The van der Waals surface area contributed by atoms with E-state index in [9.17, 15) is 0 Å². The number of halogens is 1. The summed E-state index contributed by atoms with van der Waals surface area (Å²) in [5.41, 5.74) is 2.61. The zero-order chi connectivity index (χ0) is 9.80. The van der Waals surface area contributed by atoms with E-state index in [1.807, 2.05) is 0 Å². The van der Waals surface area contributed by atoms with Crippen LogP contribution in [0.2, 0.25) is 0 Å². The van der Waals surface area contributed by atoms with Gasteiger partial charge in [-0.05, 0) is 29.7 Å². The minimum atomic E-state index is 0.837. The lowest BCUT2D eigenvalue weighted by atomic mass is 10.1. The molecule has 0 amide bonds. The molecule has 0 spiro atoms. The smallest absolute Gasteiger partial charge is 0.122 e. The highest BCUT2D eigenvalue weighted by Crippen LogP contribution is 2.26. The van der Waals surface area contributed by atoms with Gasteiger partial charge in [0.1, 0.15) is 5.75 Å². The molecule has 0 aliphatic carbocycles. The number of allylic oxidation sites excluding steroid dienone is 1. The van der Waals surface area contributed by atoms with Crippen molar-refractivity contribution >= 4 is 22.0 Å². The summed E-state index contributed by atoms with van der Waals surface area (Å²) in [6, 6.07) is 6.39. The Bertz CT molecular complexity index is 344. The summed E-state index contributed by atoms with van der Waals surface area (Å²) in [6.07, 6.45) is 6.48. The topological polar surface area (TPSA) is 9.23 Å². The first-order chi connectivity index (χ1) is 6.90. The van der Waals surface area contributed by atoms with Crippen molar-refractivity contribution in [3.05, 3.63) is 35.4 Å². The van der Waals surface area contributed by atoms with Crippen molar-refractivity contribution < 1.29 is 4.74 Å². The Morgan fingerprint density at radius 1 is 1.43 bits per heavy atom. The Hall–Kier alpha value is -0.760. The monoisotopic (exact) mass is 252 g/mol. The number of ether oxygens (including phenoxy) is 1. The third-order valence-electron chi connectivity index (χ3n) is 2.30. The van der Waals surface area contributed by atoms with Gasteiger partial charge in [-0.3, -0.25) is 0 Å². The Morgan fingerprint density at radius 2 is 2.36 bits per heavy atom. The van der Waals surface area contributed by atoms with Crippen molar-refractivity contribution in [2.75, 3.05) is 11.9 Å². The van der Waals surface area contributed by atoms with Crippen LogP contribution < -0.4 is 4.74 Å². The van der Waals surface area contributed by atoms with E-state index in [4.69, 9.17) is 4.74 Å². The summed E-state index contributed by atoms with van der Waals surface area (Å²) in [4.78, 5) is 0. The fourth-order valence-corrected chi connectivity index (χ4v) is 1.86. The molecule has 0 N–H and O–H groups in total. The van der Waals surface area contributed by atoms with E-state index in [-0.39, 0.29) is 0 Å². The van der Waals surface area contributed by atoms with Crippen LogP contribution in [0.15, 0.2) is 24.3 Å². The molecular weight excluding hydrogens is 240 g/mol. The van der Waals surface area contributed by atoms with Gasteiger partial charge in [-0.25, -0.2) is 0 Å². The molecule has 1 aliphatic rings. The summed E-state index contributed by atoms with van der Waals surface area (Å²) in [7, 11) is 0. The van der Waals surface area contributed by atoms with E-state index in [1.165, 1.54) is 11.1 Å². The van der Waals surface area contributed by atoms with Crippen LogP contribution in [0.3, 0.4) is 0 Å². The highest BCUT2D eigenvalue weighted by atomic mass is 79.9. The van der Waals surface area contributed by atoms with E-state index in [0.717, 1.165) is 30.5 Å². The van der Waals surface area contributed by atoms with Gasteiger partial charge in [-0.15, -0.1) is 0 Å². The predicted molar refractivity (Wildman–Crippen MR) is 63.1 cm³/mol. The van der Waals surface area contributed by atoms with Crippen LogP contribution in [-0.2, 0) is 6.42 Å². The first-order valence-electron chi connectivity index (χ1n) is 4.88. The van der Waals surface area contributed by atoms with E-state index >= 15 is 0 Å². The molecule has 0 unspecified atom stereocenters. The van der Waals surface area contributed by atoms with Gasteiger partial charge in [-0.2, -0.15) is 0 Å². The van der Waals surface area contributed by atoms with Crippen LogP contribution in [0.4, 0.5) is 0 Å². The third kappa shape index (κ3) is 2.18. The molecule has 1 aliphatic heterocycles. The molecule has 0 atom stereocenters. The fraction of sp³-hybridized carbons (Fsp3) is 0.333. The third-order valence-corrected chi connectivity index (χ3v) is 2.76. The number of fused-ring (bicyclic) bond motifs is 1. The maximum Gasteiger partial charge on any atom is 0.122 e. The van der Waals surface area contributed by atoms with Gasteiger partial charge in [0, 0.05) is 11.8 Å². The highest BCUT2D eigenvalue weighted by molar-refractivity contribution is 9.09. The largest absolute Gasteiger partial charge is 0.493 e. The first kappa shape index (κ1) is 9.78. The number of benzene rings is 1. The second kappa shape index (κ2) is 4.65. The van der Waals surface area contributed by atoms with Gasteiger partial charge >= 0.3 is 0 Å². The molecule has 2 heteroatoms. The van der Waals surface area contributed by atoms with Crippen LogP contribution in [-0.4, -0.2) is 11.9 Å². The summed E-state index contributed by atoms with van der Waals surface area (Å²) >= 11 is 3.40. The highest BCUT2D eigenvalue weighted by Gasteiger charge is 2.10. The Kier molecular flexibility index (Phi) is 3.25. The molecule has 1 nitrogen and oxygen atoms in total. The molecule has 1 aromatic carbocycles. The Balaban J connectivity index is 2.12. The van der Waals surface area contributed by atoms with Gasteiger partial charge in [0.15, 0.2) is 0 Å². The van der Waals surface area contributed by atoms with Crippen molar-refractivity contribution in [1.29, 1.82) is 0 Å². The molecule has 1 heterocycles. The lowest BCUT2D eigenvalue weighted by Crippen LogP contribution is -1.85. The van der Waals surface area contributed by atoms with Gasteiger partial charge < -0.3 is 4.74 Å². The average Bonchev–Trinajstić information content (AvgIpc) is 2.65. The summed E-state index contributed by atoms with van der Waals surface area (Å²) in [5.74, 6) is 1.06. The van der Waals surface area contributed by atoms with Crippen molar-refractivity contribution in [3.63, 3.8) is 0 Å². The van der Waals surface area contributed by atoms with E-state index in [1.54, 1.807) is 0 Å². The maximum atomic E-state index is 5.45. The van der Waals surface area contributed by atoms with E-state index in [0.29, 0.717) is 0 Å². The van der Waals surface area contributed by atoms with Crippen LogP contribution in [0.25, 0.3) is 6.08 Å². The zero-order valence-corrected chi connectivity index (χ0v) is 9.59. The van der Waals surface area contributed by atoms with Crippen molar-refractivity contribution in [2.45, 2.75) is 12.8 Å². The molecular formula is C12H13BrO. The summed E-state index contributed by atoms with van der Waals surface area (Å²) in [5, 5.41) is 1.03. The molecule has 14 heavy (non-hydrogen) atoms. The first-order valence-corrected chi connectivity index (χ1v) is 6.00. The molecule has 0 saturated carbocycles. The molecule has 74 valence electrons. The average molecular weight is 253 g/mol. The van der Waals surface area contributed by atoms with Gasteiger partial charge in [0.2, 0.25) is 0 Å². The SMILES string of the molecule is BrCC/C=C/c1ccc2c(c1)CCO2. The van der Waals surface area contributed by atoms with Gasteiger partial charge in [-0.1, -0.05) is 34.1 Å². The number of hydrogen-bond acceptors (Lipinski definition) is 1. The van der Waals surface area contributed by atoms with Crippen molar-refractivity contribution in [2.24, 2.45) is 0 Å². The fourth-order valence-electron chi connectivity index (χ4n) is 1.59. The molecule has 0 saturated heterocycles. The van der Waals surface area contributed by atoms with Crippen molar-refractivity contribution in [3.8, 4) is 5.75 Å². The second-order valence-electron chi connectivity index (χ2n) is 3.35. The van der Waals surface area contributed by atoms with Gasteiger partial charge in [0.25, 0.3) is 0 Å². The number of rotatable bonds is 3. The summed E-state index contributed by atoms with van der Waals surface area (Å²) in [6.45, 7) is 0.837. The van der Waals surface area contributed by atoms with E-state index < -0.39 is 0 Å². The quantitative estimate of drug-likeness (QED) is 0.750. The summed E-state index contributed by atoms with van der Waals surface area (Å²) < 4.78 is 5.45. The molecule has 2 rings (SSSR count). The number of alkyl halides is 1. The van der Waals surface area contributed by atoms with Crippen molar-refractivity contribution in [1.82, 2.24) is 0 Å². The lowest BCUT2D eigenvalue weighted by molar-refractivity contribution is 0.357. The number of hydrogen-bond donors (Lipinski definition) is 0. The van der Waals surface area contributed by atoms with E-state index in [2.05, 4.69) is 46.3 Å². The van der Waals surface area contributed by atoms with Crippen LogP contribution in [0.1, 0.15) is 17.5 Å². The van der Waals surface area contributed by atoms with Crippen LogP contribution in [0, 0.1) is 0 Å². The molecule has 0 aromatic heterocycles. The Labute approximate surface area is 92.9 Å². The van der Waals surface area contributed by atoms with Crippen LogP contribution in [0.5, 0.6) is 5.75 Å². The zero-order valence-electron chi connectivity index (χ0n) is 8.00.